The number of para-hydroxylation sites is 9. The number of benzene rings is 7. The van der Waals surface area contributed by atoms with Crippen LogP contribution in [0.3, 0.4) is 0 Å². The van der Waals surface area contributed by atoms with E-state index in [1.165, 1.54) is 0 Å². The number of hydrogen-bond acceptors (Lipinski definition) is 3. The Morgan fingerprint density at radius 3 is 1.02 bits per heavy atom. The molecule has 7 aromatic carbocycles. The molecule has 0 saturated heterocycles. The van der Waals surface area contributed by atoms with Gasteiger partial charge >= 0.3 is 0 Å². The summed E-state index contributed by atoms with van der Waals surface area (Å²) in [7, 11) is 0. The first-order chi connectivity index (χ1) is 26.2. The van der Waals surface area contributed by atoms with Crippen molar-refractivity contribution in [2.75, 3.05) is 0 Å². The third-order valence-corrected chi connectivity index (χ3v) is 10.3. The third-order valence-electron chi connectivity index (χ3n) is 10.3. The molecule has 0 bridgehead atoms. The predicted octanol–water partition coefficient (Wildman–Crippen LogP) is 11.3. The Morgan fingerprint density at radius 2 is 0.642 bits per heavy atom. The Hall–Kier alpha value is -7.05. The molecule has 0 N–H and O–H groups in total. The quantitative estimate of drug-likeness (QED) is 0.175. The molecular formula is C47H34N6. The lowest BCUT2D eigenvalue weighted by Gasteiger charge is -2.21. The first-order valence-electron chi connectivity index (χ1n) is 17.9. The Balaban J connectivity index is 1.37. The first kappa shape index (κ1) is 30.7. The largest absolute Gasteiger partial charge is 0.292 e. The number of fused-ring (bicyclic) bond motifs is 3. The van der Waals surface area contributed by atoms with E-state index < -0.39 is 0 Å². The summed E-state index contributed by atoms with van der Waals surface area (Å²) in [4.78, 5) is 16.2. The molecule has 10 aromatic rings. The summed E-state index contributed by atoms with van der Waals surface area (Å²) in [6.45, 7) is 4.43. The minimum atomic E-state index is 0.863. The predicted molar refractivity (Wildman–Crippen MR) is 216 cm³/mol. The van der Waals surface area contributed by atoms with E-state index in [9.17, 15) is 0 Å². The first-order valence-corrected chi connectivity index (χ1v) is 17.9. The van der Waals surface area contributed by atoms with Crippen LogP contribution in [-0.2, 0) is 0 Å². The van der Waals surface area contributed by atoms with Gasteiger partial charge in [-0.15, -0.1) is 0 Å². The summed E-state index contributed by atoms with van der Waals surface area (Å²) < 4.78 is 6.85. The fraction of sp³-hybridized carbons (Fsp3) is 0.0426. The van der Waals surface area contributed by atoms with Crippen LogP contribution < -0.4 is 0 Å². The van der Waals surface area contributed by atoms with Gasteiger partial charge in [0.25, 0.3) is 0 Å². The molecular weight excluding hydrogens is 649 g/mol. The lowest BCUT2D eigenvalue weighted by molar-refractivity contribution is 1.07. The Labute approximate surface area is 306 Å². The molecule has 0 aliphatic rings. The molecule has 0 unspecified atom stereocenters. The molecule has 0 aliphatic heterocycles. The molecule has 0 spiro atoms. The van der Waals surface area contributed by atoms with Crippen LogP contribution >= 0.6 is 0 Å². The zero-order valence-corrected chi connectivity index (χ0v) is 29.3. The SMILES string of the molecule is Cc1c(-c2nc3ccccc3n2-c2ccccc2)cc(-c2nc3ccccc3n2-c2ccccc2)c(C)c1-c1nc2ccccc2n1-c1ccccc1. The summed E-state index contributed by atoms with van der Waals surface area (Å²) in [5.74, 6) is 2.60. The van der Waals surface area contributed by atoms with Gasteiger partial charge in [-0.1, -0.05) is 91.0 Å². The van der Waals surface area contributed by atoms with E-state index in [4.69, 9.17) is 15.0 Å². The zero-order valence-electron chi connectivity index (χ0n) is 29.3. The zero-order chi connectivity index (χ0) is 35.5. The number of imidazole rings is 3. The number of nitrogens with zero attached hydrogens (tertiary/aromatic N) is 6. The van der Waals surface area contributed by atoms with Crippen LogP contribution in [0.5, 0.6) is 0 Å². The van der Waals surface area contributed by atoms with E-state index in [0.29, 0.717) is 0 Å². The Kier molecular flexibility index (Phi) is 7.15. The maximum absolute atomic E-state index is 5.41. The lowest BCUT2D eigenvalue weighted by atomic mass is 9.91. The van der Waals surface area contributed by atoms with Crippen LogP contribution in [0.25, 0.3) is 84.3 Å². The summed E-state index contributed by atoms with van der Waals surface area (Å²) >= 11 is 0. The molecule has 53 heavy (non-hydrogen) atoms. The molecule has 3 aromatic heterocycles. The smallest absolute Gasteiger partial charge is 0.146 e. The molecule has 0 fully saturated rings. The average molecular weight is 683 g/mol. The third kappa shape index (κ3) is 4.91. The van der Waals surface area contributed by atoms with Crippen LogP contribution in [0.4, 0.5) is 0 Å². The second-order valence-electron chi connectivity index (χ2n) is 13.4. The van der Waals surface area contributed by atoms with Gasteiger partial charge in [-0.2, -0.15) is 0 Å². The fourth-order valence-corrected chi connectivity index (χ4v) is 7.83. The average Bonchev–Trinajstić information content (AvgIpc) is 3.91. The van der Waals surface area contributed by atoms with Gasteiger partial charge in [-0.05, 0) is 104 Å². The highest BCUT2D eigenvalue weighted by atomic mass is 15.1. The topological polar surface area (TPSA) is 53.5 Å². The molecule has 0 aliphatic carbocycles. The molecule has 0 radical (unpaired) electrons. The van der Waals surface area contributed by atoms with E-state index in [-0.39, 0.29) is 0 Å². The highest BCUT2D eigenvalue weighted by molar-refractivity contribution is 5.93. The lowest BCUT2D eigenvalue weighted by Crippen LogP contribution is -2.06. The van der Waals surface area contributed by atoms with Crippen LogP contribution in [0.1, 0.15) is 11.1 Å². The van der Waals surface area contributed by atoms with E-state index in [1.54, 1.807) is 0 Å². The van der Waals surface area contributed by atoms with Gasteiger partial charge in [0.1, 0.15) is 17.5 Å². The second kappa shape index (κ2) is 12.3. The standard InChI is InChI=1S/C47H34N6/c1-31-36(45-48-38-24-12-15-27-41(38)51(45)33-18-6-3-7-19-33)30-37(46-49-39-25-13-16-28-42(39)52(46)34-20-8-4-9-21-34)32(2)44(31)47-50-40-26-14-17-29-43(40)53(47)35-22-10-5-11-23-35/h3-30H,1-2H3. The van der Waals surface area contributed by atoms with Crippen molar-refractivity contribution in [2.45, 2.75) is 13.8 Å². The number of hydrogen-bond donors (Lipinski definition) is 0. The molecule has 6 heteroatoms. The number of rotatable bonds is 6. The minimum Gasteiger partial charge on any atom is -0.292 e. The Morgan fingerprint density at radius 1 is 0.340 bits per heavy atom. The monoisotopic (exact) mass is 682 g/mol. The van der Waals surface area contributed by atoms with Gasteiger partial charge in [0.2, 0.25) is 0 Å². The summed E-state index contributed by atoms with van der Waals surface area (Å²) in [5.41, 5.74) is 14.3. The van der Waals surface area contributed by atoms with Crippen LogP contribution in [0.2, 0.25) is 0 Å². The fourth-order valence-electron chi connectivity index (χ4n) is 7.83. The van der Waals surface area contributed by atoms with Crippen LogP contribution in [0, 0.1) is 13.8 Å². The van der Waals surface area contributed by atoms with Crippen molar-refractivity contribution in [3.05, 3.63) is 181 Å². The van der Waals surface area contributed by atoms with Crippen molar-refractivity contribution in [2.24, 2.45) is 0 Å². The van der Waals surface area contributed by atoms with Crippen LogP contribution in [0.15, 0.2) is 170 Å². The van der Waals surface area contributed by atoms with Gasteiger partial charge < -0.3 is 0 Å². The molecule has 6 nitrogen and oxygen atoms in total. The van der Waals surface area contributed by atoms with E-state index >= 15 is 0 Å². The van der Waals surface area contributed by atoms with E-state index in [2.05, 4.69) is 197 Å². The summed E-state index contributed by atoms with van der Waals surface area (Å²) in [5, 5.41) is 0. The van der Waals surface area contributed by atoms with Gasteiger partial charge in [0.15, 0.2) is 0 Å². The van der Waals surface area contributed by atoms with Crippen molar-refractivity contribution in [3.8, 4) is 51.2 Å². The van der Waals surface area contributed by atoms with Crippen molar-refractivity contribution in [1.29, 1.82) is 0 Å². The normalized spacial score (nSPS) is 11.6. The van der Waals surface area contributed by atoms with Gasteiger partial charge in [-0.3, -0.25) is 13.7 Å². The molecule has 0 saturated carbocycles. The maximum Gasteiger partial charge on any atom is 0.146 e. The summed E-state index contributed by atoms with van der Waals surface area (Å²) in [6.07, 6.45) is 0. The van der Waals surface area contributed by atoms with E-state index in [1.807, 2.05) is 0 Å². The summed E-state index contributed by atoms with van der Waals surface area (Å²) in [6, 6.07) is 59.0. The van der Waals surface area contributed by atoms with Crippen molar-refractivity contribution < 1.29 is 0 Å². The molecule has 10 rings (SSSR count). The van der Waals surface area contributed by atoms with Gasteiger partial charge in [-0.25, -0.2) is 15.0 Å². The minimum absolute atomic E-state index is 0.863. The number of aromatic nitrogens is 6. The molecule has 0 amide bonds. The molecule has 3 heterocycles. The van der Waals surface area contributed by atoms with Crippen molar-refractivity contribution in [1.82, 2.24) is 28.7 Å². The van der Waals surface area contributed by atoms with Crippen molar-refractivity contribution in [3.63, 3.8) is 0 Å². The highest BCUT2D eigenvalue weighted by Crippen LogP contribution is 2.43. The highest BCUT2D eigenvalue weighted by Gasteiger charge is 2.27. The van der Waals surface area contributed by atoms with Gasteiger partial charge in [0, 0.05) is 33.8 Å². The van der Waals surface area contributed by atoms with E-state index in [0.717, 1.165) is 95.5 Å². The maximum atomic E-state index is 5.41. The van der Waals surface area contributed by atoms with Crippen LogP contribution in [-0.4, -0.2) is 28.7 Å². The molecule has 252 valence electrons. The second-order valence-corrected chi connectivity index (χ2v) is 13.4. The van der Waals surface area contributed by atoms with Gasteiger partial charge in [0.05, 0.1) is 33.1 Å². The van der Waals surface area contributed by atoms with Crippen molar-refractivity contribution >= 4 is 33.1 Å². The molecule has 0 atom stereocenters. The Bertz CT molecular complexity index is 2810.